The number of hydrogen-bond acceptors (Lipinski definition) is 2. The second-order valence-corrected chi connectivity index (χ2v) is 4.91. The molecule has 1 heterocycles. The molecular formula is C8H16N2S. The van der Waals surface area contributed by atoms with Crippen LogP contribution >= 0.6 is 11.8 Å². The Morgan fingerprint density at radius 3 is 2.45 bits per heavy atom. The fourth-order valence-electron chi connectivity index (χ4n) is 1.21. The number of rotatable bonds is 0. The van der Waals surface area contributed by atoms with Gasteiger partial charge in [0.25, 0.3) is 0 Å². The number of amidine groups is 1. The molecule has 0 radical (unpaired) electrons. The van der Waals surface area contributed by atoms with Crippen LogP contribution in [0.25, 0.3) is 0 Å². The average molecular weight is 172 g/mol. The van der Waals surface area contributed by atoms with Crippen LogP contribution in [0.5, 0.6) is 0 Å². The summed E-state index contributed by atoms with van der Waals surface area (Å²) in [6, 6.07) is 0. The molecule has 11 heavy (non-hydrogen) atoms. The Kier molecular flexibility index (Phi) is 2.47. The van der Waals surface area contributed by atoms with Crippen molar-refractivity contribution in [3.63, 3.8) is 0 Å². The Labute approximate surface area is 72.9 Å². The molecule has 2 nitrogen and oxygen atoms in total. The summed E-state index contributed by atoms with van der Waals surface area (Å²) < 4.78 is 0. The number of hydrogen-bond donors (Lipinski definition) is 1. The first-order valence-electron chi connectivity index (χ1n) is 4.01. The zero-order valence-corrected chi connectivity index (χ0v) is 8.29. The van der Waals surface area contributed by atoms with E-state index >= 15 is 0 Å². The summed E-state index contributed by atoms with van der Waals surface area (Å²) in [6.07, 6.45) is 1.21. The molecule has 64 valence electrons. The van der Waals surface area contributed by atoms with Crippen molar-refractivity contribution in [3.05, 3.63) is 0 Å². The van der Waals surface area contributed by atoms with Gasteiger partial charge in [0.05, 0.1) is 0 Å². The summed E-state index contributed by atoms with van der Waals surface area (Å²) in [6.45, 7) is 7.53. The van der Waals surface area contributed by atoms with E-state index in [-0.39, 0.29) is 5.54 Å². The molecule has 0 unspecified atom stereocenters. The van der Waals surface area contributed by atoms with E-state index in [9.17, 15) is 0 Å². The molecule has 0 amide bonds. The van der Waals surface area contributed by atoms with Crippen molar-refractivity contribution in [3.8, 4) is 0 Å². The predicted molar refractivity (Wildman–Crippen MR) is 51.3 cm³/mol. The molecule has 0 atom stereocenters. The molecule has 0 bridgehead atoms. The predicted octanol–water partition coefficient (Wildman–Crippen LogP) is 2.16. The summed E-state index contributed by atoms with van der Waals surface area (Å²) in [5.41, 5.74) is 0.129. The molecule has 1 aliphatic rings. The lowest BCUT2D eigenvalue weighted by molar-refractivity contribution is 0.239. The van der Waals surface area contributed by atoms with Gasteiger partial charge in [-0.3, -0.25) is 5.41 Å². The maximum absolute atomic E-state index is 7.69. The molecular weight excluding hydrogens is 156 g/mol. The number of thioether (sulfide) groups is 1. The molecule has 0 aromatic rings. The summed E-state index contributed by atoms with van der Waals surface area (Å²) in [5, 5.41) is 8.43. The van der Waals surface area contributed by atoms with Gasteiger partial charge >= 0.3 is 0 Å². The summed E-state index contributed by atoms with van der Waals surface area (Å²) in [5.74, 6) is 1.12. The van der Waals surface area contributed by atoms with Gasteiger partial charge in [-0.25, -0.2) is 0 Å². The van der Waals surface area contributed by atoms with Crippen LogP contribution in [-0.2, 0) is 0 Å². The highest BCUT2D eigenvalue weighted by molar-refractivity contribution is 8.13. The molecule has 0 aromatic carbocycles. The highest BCUT2D eigenvalue weighted by Gasteiger charge is 2.26. The first-order valence-corrected chi connectivity index (χ1v) is 4.99. The summed E-state index contributed by atoms with van der Waals surface area (Å²) >= 11 is 1.66. The van der Waals surface area contributed by atoms with Gasteiger partial charge in [-0.05, 0) is 27.2 Å². The molecule has 0 saturated carbocycles. The molecule has 1 N–H and O–H groups in total. The minimum Gasteiger partial charge on any atom is -0.347 e. The van der Waals surface area contributed by atoms with Crippen LogP contribution in [0.15, 0.2) is 0 Å². The van der Waals surface area contributed by atoms with Crippen molar-refractivity contribution in [1.82, 2.24) is 4.90 Å². The van der Waals surface area contributed by atoms with Gasteiger partial charge in [-0.1, -0.05) is 11.8 Å². The largest absolute Gasteiger partial charge is 0.347 e. The van der Waals surface area contributed by atoms with E-state index in [1.165, 1.54) is 6.42 Å². The van der Waals surface area contributed by atoms with Crippen molar-refractivity contribution >= 4 is 16.9 Å². The zero-order valence-electron chi connectivity index (χ0n) is 7.48. The topological polar surface area (TPSA) is 27.1 Å². The number of nitrogens with one attached hydrogen (secondary N) is 1. The zero-order chi connectivity index (χ0) is 8.48. The maximum Gasteiger partial charge on any atom is 0.156 e. The lowest BCUT2D eigenvalue weighted by Gasteiger charge is -2.39. The van der Waals surface area contributed by atoms with Gasteiger partial charge < -0.3 is 4.90 Å². The van der Waals surface area contributed by atoms with E-state index < -0.39 is 0 Å². The maximum atomic E-state index is 7.69. The van der Waals surface area contributed by atoms with Crippen LogP contribution < -0.4 is 0 Å². The van der Waals surface area contributed by atoms with E-state index in [1.54, 1.807) is 11.8 Å². The van der Waals surface area contributed by atoms with Crippen LogP contribution in [0.3, 0.4) is 0 Å². The Morgan fingerprint density at radius 2 is 2.09 bits per heavy atom. The first kappa shape index (κ1) is 8.91. The first-order chi connectivity index (χ1) is 5.02. The minimum absolute atomic E-state index is 0.129. The molecule has 0 aliphatic carbocycles. The average Bonchev–Trinajstić information content (AvgIpc) is 1.86. The van der Waals surface area contributed by atoms with Crippen LogP contribution in [0.2, 0.25) is 0 Å². The standard InChI is InChI=1S/C8H16N2S/c1-8(2,3)10-5-4-6-11-7(10)9/h9H,4-6H2,1-3H3. The Bertz CT molecular complexity index is 160. The molecule has 1 rings (SSSR count). The quantitative estimate of drug-likeness (QED) is 0.606. The van der Waals surface area contributed by atoms with Crippen molar-refractivity contribution in [2.45, 2.75) is 32.7 Å². The monoisotopic (exact) mass is 172 g/mol. The highest BCUT2D eigenvalue weighted by atomic mass is 32.2. The smallest absolute Gasteiger partial charge is 0.156 e. The van der Waals surface area contributed by atoms with Crippen LogP contribution in [-0.4, -0.2) is 27.9 Å². The van der Waals surface area contributed by atoms with Crippen molar-refractivity contribution in [2.75, 3.05) is 12.3 Å². The van der Waals surface area contributed by atoms with E-state index in [2.05, 4.69) is 25.7 Å². The Hall–Kier alpha value is -0.180. The molecule has 1 saturated heterocycles. The van der Waals surface area contributed by atoms with E-state index in [0.717, 1.165) is 17.5 Å². The fraction of sp³-hybridized carbons (Fsp3) is 0.875. The number of nitrogens with zero attached hydrogens (tertiary/aromatic N) is 1. The molecule has 1 aliphatic heterocycles. The third-order valence-electron chi connectivity index (χ3n) is 1.82. The van der Waals surface area contributed by atoms with Crippen LogP contribution in [0, 0.1) is 5.41 Å². The normalized spacial score (nSPS) is 20.6. The van der Waals surface area contributed by atoms with Gasteiger partial charge in [-0.15, -0.1) is 0 Å². The summed E-state index contributed by atoms with van der Waals surface area (Å²) in [4.78, 5) is 2.17. The third-order valence-corrected chi connectivity index (χ3v) is 2.81. The lowest BCUT2D eigenvalue weighted by atomic mass is 10.1. The minimum atomic E-state index is 0.129. The molecule has 1 fully saturated rings. The third kappa shape index (κ3) is 2.12. The molecule has 0 aromatic heterocycles. The molecule has 0 spiro atoms. The highest BCUT2D eigenvalue weighted by Crippen LogP contribution is 2.23. The van der Waals surface area contributed by atoms with Gasteiger partial charge in [0.2, 0.25) is 0 Å². The Balaban J connectivity index is 2.62. The van der Waals surface area contributed by atoms with Crippen molar-refractivity contribution in [2.24, 2.45) is 0 Å². The van der Waals surface area contributed by atoms with E-state index in [4.69, 9.17) is 5.41 Å². The lowest BCUT2D eigenvalue weighted by Crippen LogP contribution is -2.46. The van der Waals surface area contributed by atoms with Gasteiger partial charge in [0.1, 0.15) is 0 Å². The van der Waals surface area contributed by atoms with Gasteiger partial charge in [0, 0.05) is 17.8 Å². The van der Waals surface area contributed by atoms with Crippen molar-refractivity contribution in [1.29, 1.82) is 5.41 Å². The van der Waals surface area contributed by atoms with E-state index in [0.29, 0.717) is 0 Å². The van der Waals surface area contributed by atoms with Crippen LogP contribution in [0.4, 0.5) is 0 Å². The van der Waals surface area contributed by atoms with Crippen molar-refractivity contribution < 1.29 is 0 Å². The van der Waals surface area contributed by atoms with Gasteiger partial charge in [-0.2, -0.15) is 0 Å². The fourth-order valence-corrected chi connectivity index (χ4v) is 2.20. The second kappa shape index (κ2) is 3.05. The van der Waals surface area contributed by atoms with Crippen LogP contribution in [0.1, 0.15) is 27.2 Å². The molecule has 3 heteroatoms. The SMILES string of the molecule is CC(C)(C)N1CCCSC1=N. The second-order valence-electron chi connectivity index (χ2n) is 3.83. The summed E-state index contributed by atoms with van der Waals surface area (Å²) in [7, 11) is 0. The van der Waals surface area contributed by atoms with Gasteiger partial charge in [0.15, 0.2) is 5.17 Å². The Morgan fingerprint density at radius 1 is 1.45 bits per heavy atom. The van der Waals surface area contributed by atoms with E-state index in [1.807, 2.05) is 0 Å².